The van der Waals surface area contributed by atoms with Crippen LogP contribution in [0.4, 0.5) is 0 Å². The molecule has 0 aromatic carbocycles. The van der Waals surface area contributed by atoms with Crippen molar-refractivity contribution in [2.24, 2.45) is 5.41 Å². The molecule has 2 heterocycles. The van der Waals surface area contributed by atoms with E-state index in [1.807, 2.05) is 0 Å². The van der Waals surface area contributed by atoms with Crippen LogP contribution in [0.2, 0.25) is 0 Å². The summed E-state index contributed by atoms with van der Waals surface area (Å²) in [6.07, 6.45) is 5.37. The van der Waals surface area contributed by atoms with Gasteiger partial charge in [-0.25, -0.2) is 0 Å². The Bertz CT molecular complexity index is 199. The molecule has 0 aromatic rings. The first-order chi connectivity index (χ1) is 7.85. The number of hydrogen-bond donors (Lipinski definition) is 1. The normalized spacial score (nSPS) is 29.4. The van der Waals surface area contributed by atoms with Crippen LogP contribution in [0.3, 0.4) is 0 Å². The minimum absolute atomic E-state index is 0.421. The van der Waals surface area contributed by atoms with Crippen LogP contribution in [0, 0.1) is 5.41 Å². The summed E-state index contributed by atoms with van der Waals surface area (Å²) in [5.41, 5.74) is 0.421. The van der Waals surface area contributed by atoms with Gasteiger partial charge in [0.15, 0.2) is 0 Å². The maximum absolute atomic E-state index is 5.64. The molecule has 0 aliphatic carbocycles. The Labute approximate surface area is 108 Å². The maximum Gasteiger partial charge on any atom is 0.0666 e. The van der Waals surface area contributed by atoms with Gasteiger partial charge in [0.1, 0.15) is 0 Å². The quantitative estimate of drug-likeness (QED) is 0.768. The fourth-order valence-corrected chi connectivity index (χ4v) is 4.38. The molecule has 2 aliphatic rings. The summed E-state index contributed by atoms with van der Waals surface area (Å²) < 4.78 is 11.1. The summed E-state index contributed by atoms with van der Waals surface area (Å²) in [6, 6.07) is 0. The topological polar surface area (TPSA) is 18.5 Å². The molecule has 94 valence electrons. The second-order valence-electron chi connectivity index (χ2n) is 4.92. The van der Waals surface area contributed by atoms with E-state index in [0.29, 0.717) is 11.5 Å². The zero-order chi connectivity index (χ0) is 11.3. The molecule has 0 radical (unpaired) electrons. The number of hydrogen-bond acceptors (Lipinski definition) is 4. The smallest absolute Gasteiger partial charge is 0.0666 e. The summed E-state index contributed by atoms with van der Waals surface area (Å²) in [4.78, 5) is 0. The molecule has 4 heteroatoms. The molecule has 0 aromatic heterocycles. The lowest BCUT2D eigenvalue weighted by molar-refractivity contribution is 0.0370. The van der Waals surface area contributed by atoms with Crippen molar-refractivity contribution in [3.63, 3.8) is 0 Å². The zero-order valence-corrected chi connectivity index (χ0v) is 11.5. The number of rotatable bonds is 5. The van der Waals surface area contributed by atoms with Crippen LogP contribution in [-0.4, -0.2) is 43.2 Å². The number of thiol groups is 1. The summed E-state index contributed by atoms with van der Waals surface area (Å²) in [5, 5.41) is 0. The Morgan fingerprint density at radius 3 is 2.69 bits per heavy atom. The fraction of sp³-hybridized carbons (Fsp3) is 1.00. The summed E-state index contributed by atoms with van der Waals surface area (Å²) in [7, 11) is 0. The fourth-order valence-electron chi connectivity index (χ4n) is 2.34. The lowest BCUT2D eigenvalue weighted by Gasteiger charge is -2.35. The largest absolute Gasteiger partial charge is 0.381 e. The van der Waals surface area contributed by atoms with E-state index in [4.69, 9.17) is 9.47 Å². The molecule has 2 rings (SSSR count). The average molecular weight is 262 g/mol. The molecule has 2 nitrogen and oxygen atoms in total. The van der Waals surface area contributed by atoms with Crippen molar-refractivity contribution >= 4 is 24.4 Å². The van der Waals surface area contributed by atoms with Gasteiger partial charge < -0.3 is 9.47 Å². The van der Waals surface area contributed by atoms with Gasteiger partial charge in [-0.2, -0.15) is 24.4 Å². The van der Waals surface area contributed by atoms with Gasteiger partial charge in [0.25, 0.3) is 0 Å². The van der Waals surface area contributed by atoms with Crippen LogP contribution in [0.5, 0.6) is 0 Å². The molecule has 2 aliphatic heterocycles. The Hall–Kier alpha value is 0.620. The highest BCUT2D eigenvalue weighted by Crippen LogP contribution is 2.35. The van der Waals surface area contributed by atoms with Gasteiger partial charge in [0, 0.05) is 25.6 Å². The van der Waals surface area contributed by atoms with Crippen LogP contribution in [0.1, 0.15) is 25.7 Å². The first-order valence-electron chi connectivity index (χ1n) is 6.23. The van der Waals surface area contributed by atoms with E-state index in [1.165, 1.54) is 31.4 Å². The molecule has 0 saturated carbocycles. The van der Waals surface area contributed by atoms with E-state index < -0.39 is 0 Å². The summed E-state index contributed by atoms with van der Waals surface area (Å²) in [5.74, 6) is 3.38. The van der Waals surface area contributed by atoms with Gasteiger partial charge >= 0.3 is 0 Å². The second-order valence-corrected chi connectivity index (χ2v) is 6.27. The minimum atomic E-state index is 0.421. The van der Waals surface area contributed by atoms with Crippen LogP contribution in [0.15, 0.2) is 0 Å². The highest BCUT2D eigenvalue weighted by molar-refractivity contribution is 7.99. The summed E-state index contributed by atoms with van der Waals surface area (Å²) in [6.45, 7) is 2.80. The van der Waals surface area contributed by atoms with Crippen LogP contribution >= 0.6 is 24.4 Å². The van der Waals surface area contributed by atoms with Gasteiger partial charge in [0.05, 0.1) is 6.10 Å². The predicted octanol–water partition coefficient (Wildman–Crippen LogP) is 2.63. The molecular weight excluding hydrogens is 240 g/mol. The Kier molecular flexibility index (Phi) is 5.33. The Morgan fingerprint density at radius 1 is 1.25 bits per heavy atom. The van der Waals surface area contributed by atoms with Gasteiger partial charge in [0.2, 0.25) is 0 Å². The van der Waals surface area contributed by atoms with Gasteiger partial charge in [-0.15, -0.1) is 0 Å². The van der Waals surface area contributed by atoms with Crippen LogP contribution < -0.4 is 0 Å². The molecule has 16 heavy (non-hydrogen) atoms. The van der Waals surface area contributed by atoms with Crippen LogP contribution in [-0.2, 0) is 9.47 Å². The Balaban J connectivity index is 1.69. The van der Waals surface area contributed by atoms with E-state index in [1.54, 1.807) is 0 Å². The van der Waals surface area contributed by atoms with Gasteiger partial charge in [-0.05, 0) is 42.6 Å². The monoisotopic (exact) mass is 262 g/mol. The van der Waals surface area contributed by atoms with E-state index in [0.717, 1.165) is 31.3 Å². The minimum Gasteiger partial charge on any atom is -0.381 e. The highest BCUT2D eigenvalue weighted by Gasteiger charge is 2.31. The van der Waals surface area contributed by atoms with Crippen molar-refractivity contribution in [2.45, 2.75) is 31.8 Å². The van der Waals surface area contributed by atoms with E-state index in [-0.39, 0.29) is 0 Å². The lowest BCUT2D eigenvalue weighted by Crippen LogP contribution is -2.34. The molecular formula is C12H22O2S2. The van der Waals surface area contributed by atoms with Crippen molar-refractivity contribution < 1.29 is 9.47 Å². The van der Waals surface area contributed by atoms with E-state index in [2.05, 4.69) is 24.4 Å². The first kappa shape index (κ1) is 13.1. The van der Waals surface area contributed by atoms with Crippen LogP contribution in [0.25, 0.3) is 0 Å². The number of thioether (sulfide) groups is 1. The third kappa shape index (κ3) is 3.56. The predicted molar refractivity (Wildman–Crippen MR) is 72.6 cm³/mol. The highest BCUT2D eigenvalue weighted by atomic mass is 32.2. The molecule has 1 atom stereocenters. The molecule has 1 unspecified atom stereocenters. The van der Waals surface area contributed by atoms with E-state index in [9.17, 15) is 0 Å². The van der Waals surface area contributed by atoms with Crippen molar-refractivity contribution in [3.05, 3.63) is 0 Å². The molecule has 0 amide bonds. The SMILES string of the molecule is SCC1(CSCC2CCCO2)CCOCC1. The maximum atomic E-state index is 5.64. The van der Waals surface area contributed by atoms with Gasteiger partial charge in [-0.3, -0.25) is 0 Å². The average Bonchev–Trinajstić information content (AvgIpc) is 2.83. The molecule has 0 bridgehead atoms. The zero-order valence-electron chi connectivity index (χ0n) is 9.82. The third-order valence-electron chi connectivity index (χ3n) is 3.62. The molecule has 2 fully saturated rings. The van der Waals surface area contributed by atoms with Crippen molar-refractivity contribution in [1.82, 2.24) is 0 Å². The second kappa shape index (κ2) is 6.53. The standard InChI is InChI=1S/C12H22O2S2/c15-9-12(3-6-13-7-4-12)10-16-8-11-2-1-5-14-11/h11,15H,1-10H2. The van der Waals surface area contributed by atoms with Crippen molar-refractivity contribution in [3.8, 4) is 0 Å². The van der Waals surface area contributed by atoms with E-state index >= 15 is 0 Å². The molecule has 0 N–H and O–H groups in total. The van der Waals surface area contributed by atoms with Crippen molar-refractivity contribution in [2.75, 3.05) is 37.1 Å². The first-order valence-corrected chi connectivity index (χ1v) is 8.01. The lowest BCUT2D eigenvalue weighted by atomic mass is 9.84. The third-order valence-corrected chi connectivity index (χ3v) is 5.72. The number of ether oxygens (including phenoxy) is 2. The molecule has 2 saturated heterocycles. The molecule has 0 spiro atoms. The summed E-state index contributed by atoms with van der Waals surface area (Å²) >= 11 is 6.58. The van der Waals surface area contributed by atoms with Gasteiger partial charge in [-0.1, -0.05) is 0 Å². The Morgan fingerprint density at radius 2 is 2.06 bits per heavy atom. The van der Waals surface area contributed by atoms with Crippen molar-refractivity contribution in [1.29, 1.82) is 0 Å².